The molecule has 19 heavy (non-hydrogen) atoms. The molecule has 0 amide bonds. The Morgan fingerprint density at radius 3 is 2.58 bits per heavy atom. The predicted octanol–water partition coefficient (Wildman–Crippen LogP) is 3.59. The second-order valence-electron chi connectivity index (χ2n) is 4.22. The maximum absolute atomic E-state index is 5.35. The van der Waals surface area contributed by atoms with Gasteiger partial charge in [0.05, 0.1) is 7.11 Å². The zero-order valence-electron chi connectivity index (χ0n) is 10.6. The molecule has 0 unspecified atom stereocenters. The van der Waals surface area contributed by atoms with Crippen LogP contribution in [0, 0.1) is 0 Å². The number of hydrogen-bond acceptors (Lipinski definition) is 3. The Morgan fingerprint density at radius 2 is 1.74 bits per heavy atom. The maximum atomic E-state index is 5.35. The highest BCUT2D eigenvalue weighted by Gasteiger charge is 2.11. The molecule has 2 aromatic carbocycles. The molecule has 0 aromatic heterocycles. The van der Waals surface area contributed by atoms with E-state index in [1.165, 1.54) is 0 Å². The van der Waals surface area contributed by atoms with E-state index < -0.39 is 0 Å². The van der Waals surface area contributed by atoms with E-state index in [1.54, 1.807) is 7.11 Å². The SMILES string of the molecule is COc1cccc(/C=C/c2ccc3c(c2)OCO3)c1. The number of fused-ring (bicyclic) bond motifs is 1. The lowest BCUT2D eigenvalue weighted by Gasteiger charge is -2.00. The minimum atomic E-state index is 0.304. The van der Waals surface area contributed by atoms with Gasteiger partial charge in [0.1, 0.15) is 5.75 Å². The average Bonchev–Trinajstić information content (AvgIpc) is 2.93. The molecule has 1 aliphatic rings. The van der Waals surface area contributed by atoms with Crippen molar-refractivity contribution in [2.75, 3.05) is 13.9 Å². The van der Waals surface area contributed by atoms with Gasteiger partial charge >= 0.3 is 0 Å². The Labute approximate surface area is 112 Å². The lowest BCUT2D eigenvalue weighted by molar-refractivity contribution is 0.174. The molecule has 0 atom stereocenters. The summed E-state index contributed by atoms with van der Waals surface area (Å²) in [4.78, 5) is 0. The minimum absolute atomic E-state index is 0.304. The topological polar surface area (TPSA) is 27.7 Å². The molecule has 0 N–H and O–H groups in total. The van der Waals surface area contributed by atoms with Gasteiger partial charge < -0.3 is 14.2 Å². The van der Waals surface area contributed by atoms with E-state index in [0.29, 0.717) is 6.79 Å². The molecule has 0 radical (unpaired) electrons. The highest BCUT2D eigenvalue weighted by Crippen LogP contribution is 2.33. The van der Waals surface area contributed by atoms with Gasteiger partial charge in [-0.1, -0.05) is 30.4 Å². The van der Waals surface area contributed by atoms with Gasteiger partial charge in [-0.05, 0) is 35.4 Å². The van der Waals surface area contributed by atoms with Crippen LogP contribution in [0.1, 0.15) is 11.1 Å². The Hall–Kier alpha value is -2.42. The lowest BCUT2D eigenvalue weighted by Crippen LogP contribution is -1.92. The van der Waals surface area contributed by atoms with Crippen LogP contribution in [0.4, 0.5) is 0 Å². The molecular formula is C16H14O3. The van der Waals surface area contributed by atoms with Gasteiger partial charge in [0, 0.05) is 0 Å². The summed E-state index contributed by atoms with van der Waals surface area (Å²) in [5.41, 5.74) is 2.17. The second kappa shape index (κ2) is 5.06. The summed E-state index contributed by atoms with van der Waals surface area (Å²) in [5, 5.41) is 0. The quantitative estimate of drug-likeness (QED) is 0.783. The van der Waals surface area contributed by atoms with Crippen LogP contribution in [0.3, 0.4) is 0 Å². The maximum Gasteiger partial charge on any atom is 0.231 e. The van der Waals surface area contributed by atoms with Gasteiger partial charge in [0.15, 0.2) is 11.5 Å². The van der Waals surface area contributed by atoms with Crippen molar-refractivity contribution in [3.8, 4) is 17.2 Å². The highest BCUT2D eigenvalue weighted by atomic mass is 16.7. The van der Waals surface area contributed by atoms with Crippen LogP contribution in [-0.4, -0.2) is 13.9 Å². The van der Waals surface area contributed by atoms with E-state index in [0.717, 1.165) is 28.4 Å². The van der Waals surface area contributed by atoms with Gasteiger partial charge in [-0.2, -0.15) is 0 Å². The predicted molar refractivity (Wildman–Crippen MR) is 74.5 cm³/mol. The summed E-state index contributed by atoms with van der Waals surface area (Å²) >= 11 is 0. The standard InChI is InChI=1S/C16H14O3/c1-17-14-4-2-3-12(9-14)5-6-13-7-8-15-16(10-13)19-11-18-15/h2-10H,11H2,1H3/b6-5+. The first-order valence-electron chi connectivity index (χ1n) is 6.07. The fourth-order valence-corrected chi connectivity index (χ4v) is 1.95. The minimum Gasteiger partial charge on any atom is -0.497 e. The van der Waals surface area contributed by atoms with Crippen molar-refractivity contribution in [2.24, 2.45) is 0 Å². The van der Waals surface area contributed by atoms with Crippen molar-refractivity contribution in [1.82, 2.24) is 0 Å². The zero-order valence-corrected chi connectivity index (χ0v) is 10.6. The van der Waals surface area contributed by atoms with Crippen molar-refractivity contribution >= 4 is 12.2 Å². The number of ether oxygens (including phenoxy) is 3. The van der Waals surface area contributed by atoms with E-state index in [1.807, 2.05) is 54.6 Å². The van der Waals surface area contributed by atoms with Gasteiger partial charge in [-0.15, -0.1) is 0 Å². The number of rotatable bonds is 3. The average molecular weight is 254 g/mol. The third-order valence-electron chi connectivity index (χ3n) is 2.96. The molecule has 96 valence electrons. The number of methoxy groups -OCH3 is 1. The van der Waals surface area contributed by atoms with E-state index in [9.17, 15) is 0 Å². The summed E-state index contributed by atoms with van der Waals surface area (Å²) in [6, 6.07) is 13.8. The van der Waals surface area contributed by atoms with Crippen molar-refractivity contribution in [3.63, 3.8) is 0 Å². The smallest absolute Gasteiger partial charge is 0.231 e. The fraction of sp³-hybridized carbons (Fsp3) is 0.125. The van der Waals surface area contributed by atoms with Gasteiger partial charge in [-0.3, -0.25) is 0 Å². The molecule has 0 bridgehead atoms. The van der Waals surface area contributed by atoms with Gasteiger partial charge in [-0.25, -0.2) is 0 Å². The molecule has 0 saturated heterocycles. The summed E-state index contributed by atoms with van der Waals surface area (Å²) in [5.74, 6) is 2.46. The summed E-state index contributed by atoms with van der Waals surface area (Å²) in [6.07, 6.45) is 4.08. The molecule has 3 nitrogen and oxygen atoms in total. The van der Waals surface area contributed by atoms with Crippen LogP contribution < -0.4 is 14.2 Å². The van der Waals surface area contributed by atoms with Crippen LogP contribution in [0.2, 0.25) is 0 Å². The van der Waals surface area contributed by atoms with Gasteiger partial charge in [0.2, 0.25) is 6.79 Å². The van der Waals surface area contributed by atoms with E-state index in [4.69, 9.17) is 14.2 Å². The molecule has 2 aromatic rings. The molecule has 0 aliphatic carbocycles. The molecule has 0 saturated carbocycles. The first-order valence-corrected chi connectivity index (χ1v) is 6.07. The molecule has 1 heterocycles. The van der Waals surface area contributed by atoms with Crippen molar-refractivity contribution < 1.29 is 14.2 Å². The van der Waals surface area contributed by atoms with Crippen molar-refractivity contribution in [3.05, 3.63) is 53.6 Å². The fourth-order valence-electron chi connectivity index (χ4n) is 1.95. The Kier molecular flexibility index (Phi) is 3.11. The third-order valence-corrected chi connectivity index (χ3v) is 2.96. The molecule has 0 fully saturated rings. The molecule has 0 spiro atoms. The molecular weight excluding hydrogens is 240 g/mol. The first kappa shape index (κ1) is 11.7. The third kappa shape index (κ3) is 2.55. The largest absolute Gasteiger partial charge is 0.497 e. The first-order chi connectivity index (χ1) is 9.35. The molecule has 3 rings (SSSR count). The highest BCUT2D eigenvalue weighted by molar-refractivity contribution is 5.71. The van der Waals surface area contributed by atoms with Crippen LogP contribution in [0.25, 0.3) is 12.2 Å². The zero-order chi connectivity index (χ0) is 13.1. The van der Waals surface area contributed by atoms with Crippen molar-refractivity contribution in [2.45, 2.75) is 0 Å². The molecule has 3 heteroatoms. The Morgan fingerprint density at radius 1 is 0.947 bits per heavy atom. The van der Waals surface area contributed by atoms with Crippen LogP contribution in [0.5, 0.6) is 17.2 Å². The normalized spacial score (nSPS) is 12.9. The monoisotopic (exact) mass is 254 g/mol. The molecule has 1 aliphatic heterocycles. The van der Waals surface area contributed by atoms with E-state index in [2.05, 4.69) is 0 Å². The van der Waals surface area contributed by atoms with Crippen molar-refractivity contribution in [1.29, 1.82) is 0 Å². The number of benzene rings is 2. The Bertz CT molecular complexity index is 617. The summed E-state index contributed by atoms with van der Waals surface area (Å²) in [6.45, 7) is 0.304. The number of hydrogen-bond donors (Lipinski definition) is 0. The lowest BCUT2D eigenvalue weighted by atomic mass is 10.1. The van der Waals surface area contributed by atoms with Crippen LogP contribution >= 0.6 is 0 Å². The van der Waals surface area contributed by atoms with E-state index in [-0.39, 0.29) is 0 Å². The summed E-state index contributed by atoms with van der Waals surface area (Å²) in [7, 11) is 1.67. The van der Waals surface area contributed by atoms with E-state index >= 15 is 0 Å². The van der Waals surface area contributed by atoms with Gasteiger partial charge in [0.25, 0.3) is 0 Å². The summed E-state index contributed by atoms with van der Waals surface area (Å²) < 4.78 is 15.8. The second-order valence-corrected chi connectivity index (χ2v) is 4.22. The van der Waals surface area contributed by atoms with Crippen LogP contribution in [-0.2, 0) is 0 Å². The van der Waals surface area contributed by atoms with Crippen LogP contribution in [0.15, 0.2) is 42.5 Å². The Balaban J connectivity index is 1.82.